The molecule has 3 aliphatic heterocycles. The predicted octanol–water partition coefficient (Wildman–Crippen LogP) is 3.22. The summed E-state index contributed by atoms with van der Waals surface area (Å²) in [6, 6.07) is 15.6. The number of nitrogens with zero attached hydrogens (tertiary/aromatic N) is 3. The Morgan fingerprint density at radius 3 is 2.57 bits per heavy atom. The van der Waals surface area contributed by atoms with E-state index in [0.717, 1.165) is 61.7 Å². The van der Waals surface area contributed by atoms with Gasteiger partial charge in [-0.2, -0.15) is 4.31 Å². The smallest absolute Gasteiger partial charge is 0.258 e. The van der Waals surface area contributed by atoms with E-state index >= 15 is 0 Å². The second-order valence-electron chi connectivity index (χ2n) is 9.69. The van der Waals surface area contributed by atoms with Crippen LogP contribution in [0.2, 0.25) is 0 Å². The SMILES string of the molecule is O=c1c(-c2ccccc2CN2CCOCC2)ccc2n1CC1CC2CN(S(=O)(=O)c2cccs2)C1. The van der Waals surface area contributed by atoms with Gasteiger partial charge in [-0.3, -0.25) is 9.69 Å². The Morgan fingerprint density at radius 2 is 1.77 bits per heavy atom. The first-order chi connectivity index (χ1) is 17.0. The Labute approximate surface area is 209 Å². The third kappa shape index (κ3) is 4.29. The zero-order chi connectivity index (χ0) is 24.0. The van der Waals surface area contributed by atoms with Crippen molar-refractivity contribution in [3.63, 3.8) is 0 Å². The largest absolute Gasteiger partial charge is 0.379 e. The predicted molar refractivity (Wildman–Crippen MR) is 136 cm³/mol. The van der Waals surface area contributed by atoms with E-state index in [-0.39, 0.29) is 17.4 Å². The van der Waals surface area contributed by atoms with Crippen LogP contribution >= 0.6 is 11.3 Å². The molecule has 3 aliphatic rings. The van der Waals surface area contributed by atoms with E-state index in [2.05, 4.69) is 11.0 Å². The minimum absolute atomic E-state index is 0.0289. The summed E-state index contributed by atoms with van der Waals surface area (Å²) in [7, 11) is -3.49. The fourth-order valence-corrected chi connectivity index (χ4v) is 8.47. The molecule has 0 amide bonds. The number of morpholine rings is 1. The minimum Gasteiger partial charge on any atom is -0.379 e. The van der Waals surface area contributed by atoms with Gasteiger partial charge >= 0.3 is 0 Å². The standard InChI is InChI=1S/C26H29N3O4S2/c30-26-23(22-5-2-1-4-20(22)17-27-9-11-33-12-10-27)7-8-24-21-14-19(16-29(24)26)15-28(18-21)35(31,32)25-6-3-13-34-25/h1-8,13,19,21H,9-12,14-18H2. The van der Waals surface area contributed by atoms with Gasteiger partial charge in [0.2, 0.25) is 0 Å². The zero-order valence-electron chi connectivity index (χ0n) is 19.5. The molecule has 2 atom stereocenters. The van der Waals surface area contributed by atoms with Crippen molar-refractivity contribution in [2.75, 3.05) is 39.4 Å². The molecule has 0 N–H and O–H groups in total. The molecule has 6 rings (SSSR count). The average molecular weight is 512 g/mol. The van der Waals surface area contributed by atoms with Crippen LogP contribution in [0.5, 0.6) is 0 Å². The molecule has 0 aliphatic carbocycles. The third-order valence-corrected chi connectivity index (χ3v) is 10.7. The second kappa shape index (κ2) is 9.29. The summed E-state index contributed by atoms with van der Waals surface area (Å²) in [6.07, 6.45) is 0.920. The van der Waals surface area contributed by atoms with Crippen molar-refractivity contribution >= 4 is 21.4 Å². The van der Waals surface area contributed by atoms with Crippen LogP contribution in [0.3, 0.4) is 0 Å². The van der Waals surface area contributed by atoms with E-state index in [0.29, 0.717) is 23.8 Å². The minimum atomic E-state index is -3.49. The first-order valence-corrected chi connectivity index (χ1v) is 14.5. The summed E-state index contributed by atoms with van der Waals surface area (Å²) in [4.78, 5) is 16.1. The molecule has 3 aromatic rings. The van der Waals surface area contributed by atoms with Crippen LogP contribution in [0.25, 0.3) is 11.1 Å². The van der Waals surface area contributed by atoms with Gasteiger partial charge < -0.3 is 9.30 Å². The van der Waals surface area contributed by atoms with Crippen LogP contribution in [0.15, 0.2) is 62.9 Å². The van der Waals surface area contributed by atoms with E-state index in [1.807, 2.05) is 34.9 Å². The molecule has 0 spiro atoms. The van der Waals surface area contributed by atoms with Crippen molar-refractivity contribution in [2.45, 2.75) is 29.6 Å². The third-order valence-electron chi connectivity index (χ3n) is 7.47. The van der Waals surface area contributed by atoms with Crippen molar-refractivity contribution in [1.29, 1.82) is 0 Å². The number of sulfonamides is 1. The fraction of sp³-hybridized carbons (Fsp3) is 0.423. The Bertz CT molecular complexity index is 1380. The molecule has 2 fully saturated rings. The van der Waals surface area contributed by atoms with Gasteiger partial charge in [0.1, 0.15) is 4.21 Å². The highest BCUT2D eigenvalue weighted by molar-refractivity contribution is 7.91. The monoisotopic (exact) mass is 511 g/mol. The molecule has 2 aromatic heterocycles. The molecule has 2 bridgehead atoms. The Kier molecular flexibility index (Phi) is 6.14. The maximum Gasteiger partial charge on any atom is 0.258 e. The first-order valence-electron chi connectivity index (χ1n) is 12.2. The number of hydrogen-bond donors (Lipinski definition) is 0. The molecule has 2 unspecified atom stereocenters. The number of ether oxygens (including phenoxy) is 1. The van der Waals surface area contributed by atoms with Crippen molar-refractivity contribution in [3.8, 4) is 11.1 Å². The van der Waals surface area contributed by atoms with Crippen molar-refractivity contribution in [2.24, 2.45) is 5.92 Å². The summed E-state index contributed by atoms with van der Waals surface area (Å²) in [5, 5.41) is 1.80. The topological polar surface area (TPSA) is 71.8 Å². The average Bonchev–Trinajstić information content (AvgIpc) is 3.42. The van der Waals surface area contributed by atoms with Crippen LogP contribution in [0.4, 0.5) is 0 Å². The Hall–Kier alpha value is -2.30. The van der Waals surface area contributed by atoms with Gasteiger partial charge in [-0.15, -0.1) is 11.3 Å². The van der Waals surface area contributed by atoms with Gasteiger partial charge in [0, 0.05) is 56.4 Å². The highest BCUT2D eigenvalue weighted by Gasteiger charge is 2.40. The molecule has 9 heteroatoms. The maximum absolute atomic E-state index is 13.8. The van der Waals surface area contributed by atoms with Crippen LogP contribution in [0, 0.1) is 5.92 Å². The van der Waals surface area contributed by atoms with Gasteiger partial charge in [0.25, 0.3) is 15.6 Å². The lowest BCUT2D eigenvalue weighted by Crippen LogP contribution is -2.49. The van der Waals surface area contributed by atoms with Crippen molar-refractivity contribution in [1.82, 2.24) is 13.8 Å². The number of piperidine rings is 1. The molecular formula is C26H29N3O4S2. The number of fused-ring (bicyclic) bond motifs is 4. The maximum atomic E-state index is 13.8. The van der Waals surface area contributed by atoms with Gasteiger partial charge in [-0.25, -0.2) is 8.42 Å². The number of hydrogen-bond acceptors (Lipinski definition) is 6. The molecule has 7 nitrogen and oxygen atoms in total. The zero-order valence-corrected chi connectivity index (χ0v) is 21.1. The van der Waals surface area contributed by atoms with Gasteiger partial charge in [-0.05, 0) is 47.0 Å². The molecule has 2 saturated heterocycles. The number of pyridine rings is 1. The molecule has 5 heterocycles. The van der Waals surface area contributed by atoms with E-state index in [9.17, 15) is 13.2 Å². The summed E-state index contributed by atoms with van der Waals surface area (Å²) < 4.78 is 35.7. The Morgan fingerprint density at radius 1 is 0.943 bits per heavy atom. The normalized spacial score (nSPS) is 23.2. The highest BCUT2D eigenvalue weighted by atomic mass is 32.2. The van der Waals surface area contributed by atoms with Crippen LogP contribution < -0.4 is 5.56 Å². The van der Waals surface area contributed by atoms with E-state index < -0.39 is 10.0 Å². The lowest BCUT2D eigenvalue weighted by Gasteiger charge is -2.42. The lowest BCUT2D eigenvalue weighted by atomic mass is 9.83. The Balaban J connectivity index is 1.31. The number of thiophene rings is 1. The molecule has 0 saturated carbocycles. The molecular weight excluding hydrogens is 482 g/mol. The van der Waals surface area contributed by atoms with Gasteiger partial charge in [-0.1, -0.05) is 30.3 Å². The first kappa shape index (κ1) is 23.1. The summed E-state index contributed by atoms with van der Waals surface area (Å²) >= 11 is 1.26. The van der Waals surface area contributed by atoms with Crippen molar-refractivity contribution < 1.29 is 13.2 Å². The van der Waals surface area contributed by atoms with Gasteiger partial charge in [0.15, 0.2) is 0 Å². The molecule has 1 aromatic carbocycles. The fourth-order valence-electron chi connectivity index (χ4n) is 5.76. The summed E-state index contributed by atoms with van der Waals surface area (Å²) in [5.41, 5.74) is 3.83. The molecule has 35 heavy (non-hydrogen) atoms. The van der Waals surface area contributed by atoms with E-state index in [1.165, 1.54) is 11.3 Å². The van der Waals surface area contributed by atoms with Crippen LogP contribution in [0.1, 0.15) is 23.6 Å². The van der Waals surface area contributed by atoms with Crippen LogP contribution in [-0.4, -0.2) is 61.6 Å². The number of rotatable bonds is 5. The quantitative estimate of drug-likeness (QED) is 0.526. The van der Waals surface area contributed by atoms with E-state index in [4.69, 9.17) is 4.74 Å². The summed E-state index contributed by atoms with van der Waals surface area (Å²) in [5.74, 6) is 0.162. The highest BCUT2D eigenvalue weighted by Crippen LogP contribution is 2.38. The number of benzene rings is 1. The van der Waals surface area contributed by atoms with Crippen LogP contribution in [-0.2, 0) is 27.8 Å². The van der Waals surface area contributed by atoms with Gasteiger partial charge in [0.05, 0.1) is 13.2 Å². The molecule has 184 valence electrons. The summed E-state index contributed by atoms with van der Waals surface area (Å²) in [6.45, 7) is 5.50. The molecule has 0 radical (unpaired) electrons. The number of aromatic nitrogens is 1. The van der Waals surface area contributed by atoms with E-state index in [1.54, 1.807) is 21.8 Å². The van der Waals surface area contributed by atoms with Crippen molar-refractivity contribution in [3.05, 3.63) is 75.5 Å². The second-order valence-corrected chi connectivity index (χ2v) is 12.8. The lowest BCUT2D eigenvalue weighted by molar-refractivity contribution is 0.0342.